The van der Waals surface area contributed by atoms with E-state index in [0.29, 0.717) is 30.6 Å². The minimum Gasteiger partial charge on any atom is -0.394 e. The van der Waals surface area contributed by atoms with Gasteiger partial charge in [-0.2, -0.15) is 0 Å². The normalized spacial score (nSPS) is 19.6. The zero-order valence-electron chi connectivity index (χ0n) is 40.1. The number of aliphatic hydroxyl groups excluding tert-OH is 5. The second kappa shape index (κ2) is 36.3. The maximum Gasteiger partial charge on any atom is 0.220 e. The Morgan fingerprint density at radius 2 is 1.15 bits per heavy atom. The second-order valence-electron chi connectivity index (χ2n) is 18.6. The molecule has 1 amide bonds. The Morgan fingerprint density at radius 1 is 0.631 bits per heavy atom. The summed E-state index contributed by atoms with van der Waals surface area (Å²) in [4.78, 5) is 25.8. The zero-order chi connectivity index (χ0) is 46.7. The van der Waals surface area contributed by atoms with E-state index in [0.717, 1.165) is 63.5 Å². The molecule has 370 valence electrons. The summed E-state index contributed by atoms with van der Waals surface area (Å²) in [7, 11) is 0. The molecule has 0 saturated carbocycles. The number of carbonyl (C=O) groups excluding carboxylic acids is 2. The van der Waals surface area contributed by atoms with Crippen LogP contribution in [-0.2, 0) is 25.6 Å². The van der Waals surface area contributed by atoms with E-state index in [1.807, 2.05) is 54.6 Å². The lowest BCUT2D eigenvalue weighted by Gasteiger charge is -2.40. The molecular formula is C54H89NO10. The summed E-state index contributed by atoms with van der Waals surface area (Å²) in [5, 5.41) is 54.5. The quantitative estimate of drug-likeness (QED) is 0.0279. The highest BCUT2D eigenvalue weighted by Gasteiger charge is 2.44. The van der Waals surface area contributed by atoms with Gasteiger partial charge in [0.2, 0.25) is 5.91 Å². The molecule has 6 N–H and O–H groups in total. The molecule has 1 saturated heterocycles. The van der Waals surface area contributed by atoms with Crippen molar-refractivity contribution in [1.82, 2.24) is 5.32 Å². The van der Waals surface area contributed by atoms with Crippen LogP contribution < -0.4 is 5.32 Å². The number of hydrogen-bond donors (Lipinski definition) is 6. The minimum absolute atomic E-state index is 0.0332. The highest BCUT2D eigenvalue weighted by molar-refractivity contribution is 6.09. The van der Waals surface area contributed by atoms with Crippen molar-refractivity contribution in [1.29, 1.82) is 0 Å². The molecule has 1 fully saturated rings. The summed E-state index contributed by atoms with van der Waals surface area (Å²) in [5.41, 5.74) is 2.41. The number of carbonyl (C=O) groups is 2. The summed E-state index contributed by atoms with van der Waals surface area (Å²) in [6.07, 6.45) is 23.8. The monoisotopic (exact) mass is 912 g/mol. The smallest absolute Gasteiger partial charge is 0.220 e. The van der Waals surface area contributed by atoms with Crippen molar-refractivity contribution >= 4 is 11.7 Å². The first-order valence-corrected chi connectivity index (χ1v) is 25.9. The largest absolute Gasteiger partial charge is 0.394 e. The number of aliphatic hydroxyl groups is 5. The highest BCUT2D eigenvalue weighted by Crippen LogP contribution is 2.23. The lowest BCUT2D eigenvalue weighted by molar-refractivity contribution is -0.302. The molecule has 1 aliphatic rings. The van der Waals surface area contributed by atoms with Gasteiger partial charge in [-0.25, -0.2) is 0 Å². The predicted octanol–water partition coefficient (Wildman–Crippen LogP) is 10.0. The molecule has 0 bridgehead atoms. The maximum absolute atomic E-state index is 13.0. The van der Waals surface area contributed by atoms with Gasteiger partial charge in [0.25, 0.3) is 0 Å². The summed E-state index contributed by atoms with van der Waals surface area (Å²) >= 11 is 0. The van der Waals surface area contributed by atoms with Crippen LogP contribution in [-0.4, -0.2) is 99.9 Å². The fraction of sp³-hybridized carbons (Fsp3) is 0.741. The van der Waals surface area contributed by atoms with E-state index < -0.39 is 49.5 Å². The standard InChI is InChI=1S/C54H89NO10/c1-2-3-4-5-6-7-8-10-13-16-19-22-28-36-47(57)46(42-64-54-53(62)52(61)51(60)48(40-56)65-54)55-49(58)37-29-23-20-17-14-11-9-12-15-18-21-24-30-38-63-41-43-32-31-35-45(39-43)50(59)44-33-26-25-27-34-44/h25-27,31-35,39,46-48,51-54,56-57,60-62H,2-24,28-30,36-38,40-42H2,1H3,(H,55,58). The maximum atomic E-state index is 13.0. The summed E-state index contributed by atoms with van der Waals surface area (Å²) < 4.78 is 17.2. The van der Waals surface area contributed by atoms with E-state index in [9.17, 15) is 35.1 Å². The molecule has 0 aliphatic carbocycles. The predicted molar refractivity (Wildman–Crippen MR) is 259 cm³/mol. The molecule has 2 aromatic carbocycles. The van der Waals surface area contributed by atoms with Crippen molar-refractivity contribution in [2.45, 2.75) is 236 Å². The van der Waals surface area contributed by atoms with Gasteiger partial charge in [-0.3, -0.25) is 9.59 Å². The first-order chi connectivity index (χ1) is 31.7. The number of benzene rings is 2. The van der Waals surface area contributed by atoms with Crippen LogP contribution >= 0.6 is 0 Å². The van der Waals surface area contributed by atoms with Gasteiger partial charge in [-0.15, -0.1) is 0 Å². The number of unbranched alkanes of at least 4 members (excludes halogenated alkanes) is 24. The van der Waals surface area contributed by atoms with Crippen molar-refractivity contribution in [3.8, 4) is 0 Å². The number of amides is 1. The Hall–Kier alpha value is -2.74. The molecular weight excluding hydrogens is 823 g/mol. The molecule has 0 aromatic heterocycles. The van der Waals surface area contributed by atoms with E-state index in [2.05, 4.69) is 12.2 Å². The van der Waals surface area contributed by atoms with E-state index in [1.165, 1.54) is 116 Å². The molecule has 0 spiro atoms. The lowest BCUT2D eigenvalue weighted by Crippen LogP contribution is -2.60. The number of rotatable bonds is 40. The van der Waals surface area contributed by atoms with E-state index in [4.69, 9.17) is 14.2 Å². The van der Waals surface area contributed by atoms with Crippen LogP contribution in [0.15, 0.2) is 54.6 Å². The van der Waals surface area contributed by atoms with Crippen LogP contribution in [0.25, 0.3) is 0 Å². The third-order valence-electron chi connectivity index (χ3n) is 12.9. The Balaban J connectivity index is 1.20. The number of ketones is 1. The van der Waals surface area contributed by atoms with Crippen LogP contribution in [0.2, 0.25) is 0 Å². The van der Waals surface area contributed by atoms with Gasteiger partial charge in [-0.05, 0) is 30.9 Å². The summed E-state index contributed by atoms with van der Waals surface area (Å²) in [6, 6.07) is 16.3. The van der Waals surface area contributed by atoms with Crippen LogP contribution in [0, 0.1) is 0 Å². The SMILES string of the molecule is CCCCCCCCCCCCCCCC(O)C(COC1OC(CO)C(O)C(O)C1O)NC(=O)CCCCCCCCCCCCCCCOCc1cccc(C(=O)c2ccccc2)c1. The number of nitrogens with one attached hydrogen (secondary N) is 1. The van der Waals surface area contributed by atoms with Gasteiger partial charge < -0.3 is 45.1 Å². The molecule has 0 radical (unpaired) electrons. The number of hydrogen-bond acceptors (Lipinski definition) is 10. The Labute approximate surface area is 392 Å². The molecule has 11 nitrogen and oxygen atoms in total. The molecule has 2 aromatic rings. The van der Waals surface area contributed by atoms with Crippen molar-refractivity contribution in [2.75, 3.05) is 19.8 Å². The number of ether oxygens (including phenoxy) is 3. The first-order valence-electron chi connectivity index (χ1n) is 25.9. The summed E-state index contributed by atoms with van der Waals surface area (Å²) in [6.45, 7) is 2.78. The van der Waals surface area contributed by atoms with E-state index in [1.54, 1.807) is 0 Å². The molecule has 3 rings (SSSR count). The first kappa shape index (κ1) is 56.6. The third kappa shape index (κ3) is 24.7. The van der Waals surface area contributed by atoms with Gasteiger partial charge in [0.05, 0.1) is 32.0 Å². The molecule has 7 unspecified atom stereocenters. The van der Waals surface area contributed by atoms with Gasteiger partial charge in [0, 0.05) is 24.2 Å². The van der Waals surface area contributed by atoms with Gasteiger partial charge in [-0.1, -0.05) is 210 Å². The van der Waals surface area contributed by atoms with Crippen LogP contribution in [0.4, 0.5) is 0 Å². The fourth-order valence-electron chi connectivity index (χ4n) is 8.69. The molecule has 65 heavy (non-hydrogen) atoms. The van der Waals surface area contributed by atoms with Crippen LogP contribution in [0.3, 0.4) is 0 Å². The lowest BCUT2D eigenvalue weighted by atomic mass is 9.99. The Kier molecular flexibility index (Phi) is 31.6. The molecule has 1 heterocycles. The van der Waals surface area contributed by atoms with Crippen molar-refractivity contribution in [3.63, 3.8) is 0 Å². The average molecular weight is 912 g/mol. The van der Waals surface area contributed by atoms with Gasteiger partial charge in [0.1, 0.15) is 24.4 Å². The molecule has 1 aliphatic heterocycles. The van der Waals surface area contributed by atoms with Gasteiger partial charge in [0.15, 0.2) is 12.1 Å². The molecule has 11 heteroatoms. The van der Waals surface area contributed by atoms with Gasteiger partial charge >= 0.3 is 0 Å². The van der Waals surface area contributed by atoms with Crippen LogP contribution in [0.5, 0.6) is 0 Å². The van der Waals surface area contributed by atoms with E-state index in [-0.39, 0.29) is 18.3 Å². The highest BCUT2D eigenvalue weighted by atomic mass is 16.7. The summed E-state index contributed by atoms with van der Waals surface area (Å²) in [5.74, 6) is -0.130. The topological polar surface area (TPSA) is 175 Å². The molecule has 7 atom stereocenters. The zero-order valence-corrected chi connectivity index (χ0v) is 40.1. The fourth-order valence-corrected chi connectivity index (χ4v) is 8.69. The Morgan fingerprint density at radius 3 is 1.72 bits per heavy atom. The Bertz CT molecular complexity index is 1480. The van der Waals surface area contributed by atoms with Crippen molar-refractivity contribution < 1.29 is 49.3 Å². The average Bonchev–Trinajstić information content (AvgIpc) is 3.32. The van der Waals surface area contributed by atoms with E-state index >= 15 is 0 Å². The third-order valence-corrected chi connectivity index (χ3v) is 12.9. The van der Waals surface area contributed by atoms with Crippen molar-refractivity contribution in [2.24, 2.45) is 0 Å². The van der Waals surface area contributed by atoms with Crippen LogP contribution in [0.1, 0.15) is 208 Å². The van der Waals surface area contributed by atoms with Crippen molar-refractivity contribution in [3.05, 3.63) is 71.3 Å². The minimum atomic E-state index is -1.56. The second-order valence-corrected chi connectivity index (χ2v) is 18.6.